The summed E-state index contributed by atoms with van der Waals surface area (Å²) in [6, 6.07) is 13.5. The molecule has 0 saturated carbocycles. The molecule has 1 heterocycles. The van der Waals surface area contributed by atoms with E-state index in [9.17, 15) is 9.59 Å². The predicted octanol–water partition coefficient (Wildman–Crippen LogP) is 4.49. The third kappa shape index (κ3) is 4.08. The van der Waals surface area contributed by atoms with Gasteiger partial charge in [-0.15, -0.1) is 0 Å². The first kappa shape index (κ1) is 18.8. The molecule has 0 aromatic heterocycles. The number of rotatable bonds is 5. The number of carbonyl (C=O) groups is 2. The second kappa shape index (κ2) is 8.16. The van der Waals surface area contributed by atoms with Crippen LogP contribution in [0.4, 0.5) is 10.5 Å². The van der Waals surface area contributed by atoms with Crippen LogP contribution in [0.3, 0.4) is 0 Å². The molecular weight excluding hydrogens is 388 g/mol. The fourth-order valence-electron chi connectivity index (χ4n) is 2.46. The third-order valence-corrected chi connectivity index (χ3v) is 4.74. The molecule has 0 unspecified atom stereocenters. The molecule has 6 nitrogen and oxygen atoms in total. The maximum atomic E-state index is 12.7. The molecule has 0 N–H and O–H groups in total. The molecule has 8 heteroatoms. The zero-order valence-electron chi connectivity index (χ0n) is 14.1. The molecule has 2 amide bonds. The van der Waals surface area contributed by atoms with Crippen molar-refractivity contribution in [3.8, 4) is 17.6 Å². The Morgan fingerprint density at radius 1 is 1.22 bits per heavy atom. The fourth-order valence-corrected chi connectivity index (χ4v) is 3.49. The number of nitrogens with zero attached hydrogens (tertiary/aromatic N) is 2. The van der Waals surface area contributed by atoms with Gasteiger partial charge in [-0.2, -0.15) is 5.26 Å². The van der Waals surface area contributed by atoms with Gasteiger partial charge >= 0.3 is 0 Å². The number of hydrogen-bond acceptors (Lipinski definition) is 6. The molecule has 136 valence electrons. The quantitative estimate of drug-likeness (QED) is 0.688. The third-order valence-electron chi connectivity index (χ3n) is 3.64. The number of carbonyl (C=O) groups excluding carboxylic acids is 2. The lowest BCUT2D eigenvalue weighted by Gasteiger charge is -2.12. The average molecular weight is 401 g/mol. The van der Waals surface area contributed by atoms with Gasteiger partial charge in [0.1, 0.15) is 6.07 Å². The van der Waals surface area contributed by atoms with Gasteiger partial charge in [0.25, 0.3) is 11.1 Å². The van der Waals surface area contributed by atoms with Gasteiger partial charge in [0.15, 0.2) is 18.1 Å². The number of thioether (sulfide) groups is 1. The van der Waals surface area contributed by atoms with Crippen LogP contribution < -0.4 is 14.4 Å². The summed E-state index contributed by atoms with van der Waals surface area (Å²) in [6.45, 7) is -0.103. The molecule has 3 rings (SSSR count). The molecular formula is C19H13ClN2O4S. The molecule has 0 spiro atoms. The fraction of sp³-hybridized carbons (Fsp3) is 0.105. The number of amides is 2. The van der Waals surface area contributed by atoms with Gasteiger partial charge in [-0.05, 0) is 53.7 Å². The normalized spacial score (nSPS) is 15.1. The molecule has 0 radical (unpaired) electrons. The van der Waals surface area contributed by atoms with Crippen LogP contribution in [-0.2, 0) is 4.79 Å². The van der Waals surface area contributed by atoms with Crippen molar-refractivity contribution < 1.29 is 19.1 Å². The molecule has 27 heavy (non-hydrogen) atoms. The maximum Gasteiger partial charge on any atom is 0.298 e. The monoisotopic (exact) mass is 400 g/mol. The van der Waals surface area contributed by atoms with Gasteiger partial charge in [-0.1, -0.05) is 23.7 Å². The van der Waals surface area contributed by atoms with Gasteiger partial charge in [0.2, 0.25) is 0 Å². The van der Waals surface area contributed by atoms with Crippen molar-refractivity contribution in [1.82, 2.24) is 0 Å². The number of benzene rings is 2. The van der Waals surface area contributed by atoms with Crippen LogP contribution in [0.25, 0.3) is 6.08 Å². The van der Waals surface area contributed by atoms with Crippen LogP contribution in [0, 0.1) is 11.3 Å². The predicted molar refractivity (Wildman–Crippen MR) is 104 cm³/mol. The lowest BCUT2D eigenvalue weighted by Crippen LogP contribution is -2.27. The summed E-state index contributed by atoms with van der Waals surface area (Å²) in [5.74, 6) is 0.423. The van der Waals surface area contributed by atoms with Gasteiger partial charge < -0.3 is 9.47 Å². The highest BCUT2D eigenvalue weighted by atomic mass is 35.5. The second-order valence-electron chi connectivity index (χ2n) is 5.35. The molecule has 0 aliphatic carbocycles. The van der Waals surface area contributed by atoms with Crippen molar-refractivity contribution in [1.29, 1.82) is 5.26 Å². The van der Waals surface area contributed by atoms with E-state index in [1.807, 2.05) is 6.07 Å². The summed E-state index contributed by atoms with van der Waals surface area (Å²) in [5.41, 5.74) is 1.08. The van der Waals surface area contributed by atoms with E-state index in [-0.39, 0.29) is 11.5 Å². The van der Waals surface area contributed by atoms with Crippen LogP contribution in [0.5, 0.6) is 11.5 Å². The Bertz CT molecular complexity index is 984. The summed E-state index contributed by atoms with van der Waals surface area (Å²) in [7, 11) is 1.48. The van der Waals surface area contributed by atoms with E-state index in [2.05, 4.69) is 0 Å². The van der Waals surface area contributed by atoms with Crippen LogP contribution in [0.2, 0.25) is 5.02 Å². The van der Waals surface area contributed by atoms with E-state index in [0.717, 1.165) is 16.7 Å². The molecule has 0 bridgehead atoms. The maximum absolute atomic E-state index is 12.7. The van der Waals surface area contributed by atoms with Crippen LogP contribution in [0.1, 0.15) is 5.56 Å². The second-order valence-corrected chi connectivity index (χ2v) is 6.78. The Morgan fingerprint density at radius 3 is 2.74 bits per heavy atom. The van der Waals surface area contributed by atoms with Crippen LogP contribution >= 0.6 is 23.4 Å². The molecule has 2 aromatic carbocycles. The number of ether oxygens (including phenoxy) is 2. The molecule has 1 fully saturated rings. The smallest absolute Gasteiger partial charge is 0.298 e. The highest BCUT2D eigenvalue weighted by molar-refractivity contribution is 8.19. The van der Waals surface area contributed by atoms with E-state index >= 15 is 0 Å². The van der Waals surface area contributed by atoms with Crippen molar-refractivity contribution in [2.45, 2.75) is 0 Å². The largest absolute Gasteiger partial charge is 0.493 e. The number of hydrogen-bond donors (Lipinski definition) is 0. The summed E-state index contributed by atoms with van der Waals surface area (Å²) in [5, 5.41) is 8.66. The molecule has 1 aliphatic rings. The molecule has 2 aromatic rings. The SMILES string of the molecule is COc1cc(/C=C2/SC(=O)N(c3cccc(Cl)c3)C2=O)ccc1OCC#N. The van der Waals surface area contributed by atoms with E-state index in [0.29, 0.717) is 27.8 Å². The number of imide groups is 1. The standard InChI is InChI=1S/C19H13ClN2O4S/c1-25-16-9-12(5-6-15(16)26-8-7-21)10-17-18(23)22(19(24)27-17)14-4-2-3-13(20)11-14/h2-6,9-11H,8H2,1H3/b17-10+. The Morgan fingerprint density at radius 2 is 2.04 bits per heavy atom. The van der Waals surface area contributed by atoms with E-state index < -0.39 is 11.1 Å². The lowest BCUT2D eigenvalue weighted by molar-refractivity contribution is -0.113. The first-order valence-electron chi connectivity index (χ1n) is 7.75. The van der Waals surface area contributed by atoms with Gasteiger partial charge in [0.05, 0.1) is 17.7 Å². The minimum atomic E-state index is -0.420. The highest BCUT2D eigenvalue weighted by Gasteiger charge is 2.36. The van der Waals surface area contributed by atoms with Crippen LogP contribution in [-0.4, -0.2) is 24.9 Å². The van der Waals surface area contributed by atoms with Crippen molar-refractivity contribution in [3.63, 3.8) is 0 Å². The van der Waals surface area contributed by atoms with Crippen molar-refractivity contribution in [2.24, 2.45) is 0 Å². The Hall–Kier alpha value is -2.95. The summed E-state index contributed by atoms with van der Waals surface area (Å²) in [4.78, 5) is 26.3. The number of methoxy groups -OCH3 is 1. The summed E-state index contributed by atoms with van der Waals surface area (Å²) in [6.07, 6.45) is 1.60. The highest BCUT2D eigenvalue weighted by Crippen LogP contribution is 2.37. The van der Waals surface area contributed by atoms with Gasteiger partial charge in [0, 0.05) is 5.02 Å². The number of nitriles is 1. The van der Waals surface area contributed by atoms with Crippen LogP contribution in [0.15, 0.2) is 47.4 Å². The Labute approximate surface area is 164 Å². The van der Waals surface area contributed by atoms with E-state index in [4.69, 9.17) is 26.3 Å². The minimum absolute atomic E-state index is 0.103. The minimum Gasteiger partial charge on any atom is -0.493 e. The average Bonchev–Trinajstić information content (AvgIpc) is 2.93. The molecule has 1 saturated heterocycles. The lowest BCUT2D eigenvalue weighted by atomic mass is 10.2. The first-order valence-corrected chi connectivity index (χ1v) is 8.94. The van der Waals surface area contributed by atoms with E-state index in [1.54, 1.807) is 48.5 Å². The van der Waals surface area contributed by atoms with Crippen molar-refractivity contribution in [3.05, 3.63) is 58.0 Å². The number of anilines is 1. The van der Waals surface area contributed by atoms with Crippen molar-refractivity contribution >= 4 is 46.3 Å². The Kier molecular flexibility index (Phi) is 5.69. The van der Waals surface area contributed by atoms with Crippen molar-refractivity contribution in [2.75, 3.05) is 18.6 Å². The molecule has 0 atom stereocenters. The van der Waals surface area contributed by atoms with Gasteiger partial charge in [-0.25, -0.2) is 4.90 Å². The zero-order chi connectivity index (χ0) is 19.4. The first-order chi connectivity index (χ1) is 13.0. The molecule has 1 aliphatic heterocycles. The Balaban J connectivity index is 1.88. The summed E-state index contributed by atoms with van der Waals surface area (Å²) < 4.78 is 10.5. The summed E-state index contributed by atoms with van der Waals surface area (Å²) >= 11 is 6.80. The van der Waals surface area contributed by atoms with Gasteiger partial charge in [-0.3, -0.25) is 9.59 Å². The van der Waals surface area contributed by atoms with E-state index in [1.165, 1.54) is 7.11 Å². The topological polar surface area (TPSA) is 79.6 Å². The number of halogens is 1. The zero-order valence-corrected chi connectivity index (χ0v) is 15.7.